The molecule has 0 saturated carbocycles. The van der Waals surface area contributed by atoms with Gasteiger partial charge in [-0.15, -0.1) is 0 Å². The predicted octanol–water partition coefficient (Wildman–Crippen LogP) is 2.36. The summed E-state index contributed by atoms with van der Waals surface area (Å²) in [5.74, 6) is 0. The average Bonchev–Trinajstić information content (AvgIpc) is 2.49. The van der Waals surface area contributed by atoms with Crippen LogP contribution in [0.25, 0.3) is 0 Å². The van der Waals surface area contributed by atoms with Crippen LogP contribution in [0.4, 0.5) is 0 Å². The molecule has 0 aliphatic carbocycles. The largest absolute Gasteiger partial charge is 0.301 e. The topological polar surface area (TPSA) is 40.6 Å². The number of piperazine rings is 1. The number of sulfonamides is 1. The van der Waals surface area contributed by atoms with Gasteiger partial charge >= 0.3 is 0 Å². The standard InChI is InChI=1S/C16H26N2O2S/c1-3-5-15-6-8-16(9-7-15)21(19,20)18-13-11-17(10-4-2)12-14-18/h6-9H,3-5,10-14H2,1-2H3. The number of nitrogens with zero attached hydrogens (tertiary/aromatic N) is 2. The maximum Gasteiger partial charge on any atom is 0.243 e. The second-order valence-corrected chi connectivity index (χ2v) is 7.58. The summed E-state index contributed by atoms with van der Waals surface area (Å²) in [6.07, 6.45) is 3.19. The van der Waals surface area contributed by atoms with E-state index in [4.69, 9.17) is 0 Å². The molecule has 0 N–H and O–H groups in total. The van der Waals surface area contributed by atoms with E-state index in [-0.39, 0.29) is 0 Å². The van der Waals surface area contributed by atoms with E-state index < -0.39 is 10.0 Å². The SMILES string of the molecule is CCCc1ccc(S(=O)(=O)N2CCN(CCC)CC2)cc1. The lowest BCUT2D eigenvalue weighted by Crippen LogP contribution is -2.48. The molecule has 0 bridgehead atoms. The molecule has 1 aromatic rings. The van der Waals surface area contributed by atoms with Crippen LogP contribution in [0.3, 0.4) is 0 Å². The third-order valence-electron chi connectivity index (χ3n) is 3.97. The van der Waals surface area contributed by atoms with Crippen molar-refractivity contribution in [1.29, 1.82) is 0 Å². The summed E-state index contributed by atoms with van der Waals surface area (Å²) < 4.78 is 26.9. The van der Waals surface area contributed by atoms with Gasteiger partial charge in [-0.25, -0.2) is 8.42 Å². The van der Waals surface area contributed by atoms with Gasteiger partial charge < -0.3 is 4.90 Å². The first-order valence-corrected chi connectivity index (χ1v) is 9.33. The highest BCUT2D eigenvalue weighted by molar-refractivity contribution is 7.89. The number of rotatable bonds is 6. The molecule has 1 aliphatic heterocycles. The molecule has 1 fully saturated rings. The Balaban J connectivity index is 2.04. The van der Waals surface area contributed by atoms with E-state index in [1.54, 1.807) is 16.4 Å². The van der Waals surface area contributed by atoms with Crippen LogP contribution in [-0.4, -0.2) is 50.3 Å². The molecule has 0 atom stereocenters. The second kappa shape index (κ2) is 7.38. The first-order valence-electron chi connectivity index (χ1n) is 7.89. The van der Waals surface area contributed by atoms with E-state index >= 15 is 0 Å². The van der Waals surface area contributed by atoms with Crippen molar-refractivity contribution in [3.05, 3.63) is 29.8 Å². The van der Waals surface area contributed by atoms with Crippen molar-refractivity contribution in [3.8, 4) is 0 Å². The zero-order valence-electron chi connectivity index (χ0n) is 13.1. The fourth-order valence-corrected chi connectivity index (χ4v) is 4.20. The third-order valence-corrected chi connectivity index (χ3v) is 5.88. The van der Waals surface area contributed by atoms with Crippen LogP contribution in [-0.2, 0) is 16.4 Å². The minimum atomic E-state index is -3.33. The smallest absolute Gasteiger partial charge is 0.243 e. The highest BCUT2D eigenvalue weighted by Gasteiger charge is 2.27. The number of hydrogen-bond acceptors (Lipinski definition) is 3. The van der Waals surface area contributed by atoms with Gasteiger partial charge in [-0.3, -0.25) is 0 Å². The first-order chi connectivity index (χ1) is 10.1. The molecular weight excluding hydrogens is 284 g/mol. The summed E-state index contributed by atoms with van der Waals surface area (Å²) in [5.41, 5.74) is 1.20. The Morgan fingerprint density at radius 2 is 1.57 bits per heavy atom. The molecule has 118 valence electrons. The molecule has 0 aromatic heterocycles. The molecule has 1 saturated heterocycles. The monoisotopic (exact) mass is 310 g/mol. The Hall–Kier alpha value is -0.910. The Morgan fingerprint density at radius 3 is 2.10 bits per heavy atom. The molecule has 2 rings (SSSR count). The minimum absolute atomic E-state index is 0.422. The summed E-state index contributed by atoms with van der Waals surface area (Å²) in [4.78, 5) is 2.75. The zero-order chi connectivity index (χ0) is 15.3. The lowest BCUT2D eigenvalue weighted by Gasteiger charge is -2.33. The normalized spacial score (nSPS) is 18.0. The van der Waals surface area contributed by atoms with Gasteiger partial charge in [-0.2, -0.15) is 4.31 Å². The molecule has 0 amide bonds. The van der Waals surface area contributed by atoms with Gasteiger partial charge in [0.1, 0.15) is 0 Å². The Kier molecular flexibility index (Phi) is 5.79. The quantitative estimate of drug-likeness (QED) is 0.810. The summed E-state index contributed by atoms with van der Waals surface area (Å²) in [5, 5.41) is 0. The number of hydrogen-bond donors (Lipinski definition) is 0. The van der Waals surface area contributed by atoms with Crippen LogP contribution in [0.5, 0.6) is 0 Å². The molecule has 0 radical (unpaired) electrons. The molecule has 1 aromatic carbocycles. The van der Waals surface area contributed by atoms with Crippen LogP contribution in [0.15, 0.2) is 29.2 Å². The Morgan fingerprint density at radius 1 is 0.952 bits per heavy atom. The molecule has 21 heavy (non-hydrogen) atoms. The van der Waals surface area contributed by atoms with Gasteiger partial charge in [0.05, 0.1) is 4.90 Å². The molecule has 5 heteroatoms. The second-order valence-electron chi connectivity index (χ2n) is 5.64. The summed E-state index contributed by atoms with van der Waals surface area (Å²) in [6.45, 7) is 8.20. The van der Waals surface area contributed by atoms with Gasteiger partial charge in [0.2, 0.25) is 10.0 Å². The predicted molar refractivity (Wildman–Crippen MR) is 85.9 cm³/mol. The van der Waals surface area contributed by atoms with Gasteiger partial charge in [-0.1, -0.05) is 32.4 Å². The van der Waals surface area contributed by atoms with Crippen LogP contribution in [0, 0.1) is 0 Å². The fraction of sp³-hybridized carbons (Fsp3) is 0.625. The van der Waals surface area contributed by atoms with Crippen molar-refractivity contribution >= 4 is 10.0 Å². The van der Waals surface area contributed by atoms with E-state index in [2.05, 4.69) is 18.7 Å². The van der Waals surface area contributed by atoms with E-state index in [9.17, 15) is 8.42 Å². The van der Waals surface area contributed by atoms with Gasteiger partial charge in [0, 0.05) is 26.2 Å². The van der Waals surface area contributed by atoms with E-state index in [0.29, 0.717) is 18.0 Å². The van der Waals surface area contributed by atoms with Crippen molar-refractivity contribution in [2.45, 2.75) is 38.0 Å². The van der Waals surface area contributed by atoms with Crippen LogP contribution < -0.4 is 0 Å². The first kappa shape index (κ1) is 16.5. The van der Waals surface area contributed by atoms with Crippen molar-refractivity contribution in [1.82, 2.24) is 9.21 Å². The molecule has 0 spiro atoms. The number of benzene rings is 1. The molecule has 0 unspecified atom stereocenters. The summed E-state index contributed by atoms with van der Waals surface area (Å²) in [7, 11) is -3.33. The maximum atomic E-state index is 12.6. The van der Waals surface area contributed by atoms with E-state index in [1.807, 2.05) is 12.1 Å². The lowest BCUT2D eigenvalue weighted by molar-refractivity contribution is 0.188. The minimum Gasteiger partial charge on any atom is -0.301 e. The zero-order valence-corrected chi connectivity index (χ0v) is 13.9. The highest BCUT2D eigenvalue weighted by atomic mass is 32.2. The van der Waals surface area contributed by atoms with E-state index in [0.717, 1.165) is 38.9 Å². The summed E-state index contributed by atoms with van der Waals surface area (Å²) >= 11 is 0. The number of aryl methyl sites for hydroxylation is 1. The van der Waals surface area contributed by atoms with Crippen molar-refractivity contribution in [2.24, 2.45) is 0 Å². The maximum absolute atomic E-state index is 12.6. The van der Waals surface area contributed by atoms with Crippen molar-refractivity contribution < 1.29 is 8.42 Å². The van der Waals surface area contributed by atoms with Gasteiger partial charge in [0.15, 0.2) is 0 Å². The van der Waals surface area contributed by atoms with Crippen molar-refractivity contribution in [3.63, 3.8) is 0 Å². The van der Waals surface area contributed by atoms with Crippen LogP contribution in [0.2, 0.25) is 0 Å². The van der Waals surface area contributed by atoms with Crippen LogP contribution in [0.1, 0.15) is 32.3 Å². The van der Waals surface area contributed by atoms with Gasteiger partial charge in [-0.05, 0) is 37.1 Å². The Labute approximate surface area is 128 Å². The molecule has 1 aliphatic rings. The lowest BCUT2D eigenvalue weighted by atomic mass is 10.1. The highest BCUT2D eigenvalue weighted by Crippen LogP contribution is 2.18. The average molecular weight is 310 g/mol. The fourth-order valence-electron chi connectivity index (χ4n) is 2.78. The molecule has 4 nitrogen and oxygen atoms in total. The van der Waals surface area contributed by atoms with E-state index in [1.165, 1.54) is 5.56 Å². The Bertz CT molecular complexity index is 532. The van der Waals surface area contributed by atoms with Crippen LogP contribution >= 0.6 is 0 Å². The third kappa shape index (κ3) is 4.05. The molecular formula is C16H26N2O2S. The molecule has 1 heterocycles. The van der Waals surface area contributed by atoms with Crippen molar-refractivity contribution in [2.75, 3.05) is 32.7 Å². The van der Waals surface area contributed by atoms with Gasteiger partial charge in [0.25, 0.3) is 0 Å². The summed E-state index contributed by atoms with van der Waals surface area (Å²) in [6, 6.07) is 7.37.